The monoisotopic (exact) mass is 376 g/mol. The van der Waals surface area contributed by atoms with Crippen LogP contribution in [0.25, 0.3) is 0 Å². The number of rotatable bonds is 8. The molecular weight excluding hydrogens is 336 g/mol. The van der Waals surface area contributed by atoms with Crippen LogP contribution in [-0.2, 0) is 13.5 Å². The van der Waals surface area contributed by atoms with Crippen molar-refractivity contribution in [2.45, 2.75) is 72.4 Å². The van der Waals surface area contributed by atoms with Gasteiger partial charge in [0.1, 0.15) is 0 Å². The maximum Gasteiger partial charge on any atom is 0.191 e. The molecule has 0 radical (unpaired) electrons. The summed E-state index contributed by atoms with van der Waals surface area (Å²) < 4.78 is 1.97. The van der Waals surface area contributed by atoms with Crippen molar-refractivity contribution >= 4 is 5.96 Å². The van der Waals surface area contributed by atoms with Gasteiger partial charge in [-0.3, -0.25) is 14.6 Å². The highest BCUT2D eigenvalue weighted by atomic mass is 15.3. The van der Waals surface area contributed by atoms with Gasteiger partial charge in [0, 0.05) is 38.4 Å². The third kappa shape index (κ3) is 6.23. The highest BCUT2D eigenvalue weighted by Gasteiger charge is 2.23. The second kappa shape index (κ2) is 10.1. The first-order chi connectivity index (χ1) is 12.8. The molecule has 0 aromatic carbocycles. The maximum atomic E-state index is 4.53. The van der Waals surface area contributed by atoms with E-state index in [0.29, 0.717) is 18.0 Å². The average molecular weight is 377 g/mol. The van der Waals surface area contributed by atoms with E-state index in [1.54, 1.807) is 0 Å². The molecule has 1 aromatic heterocycles. The highest BCUT2D eigenvalue weighted by molar-refractivity contribution is 5.80. The fourth-order valence-corrected chi connectivity index (χ4v) is 4.13. The van der Waals surface area contributed by atoms with Gasteiger partial charge in [0.05, 0.1) is 5.69 Å². The van der Waals surface area contributed by atoms with Crippen molar-refractivity contribution in [1.82, 2.24) is 25.3 Å². The smallest absolute Gasteiger partial charge is 0.191 e. The van der Waals surface area contributed by atoms with Crippen LogP contribution in [0.3, 0.4) is 0 Å². The zero-order valence-electron chi connectivity index (χ0n) is 18.5. The first-order valence-electron chi connectivity index (χ1n) is 10.5. The summed E-state index contributed by atoms with van der Waals surface area (Å²) in [6.45, 7) is 14.5. The Morgan fingerprint density at radius 2 is 1.85 bits per heavy atom. The molecule has 154 valence electrons. The molecule has 2 atom stereocenters. The Bertz CT molecular complexity index is 612. The summed E-state index contributed by atoms with van der Waals surface area (Å²) >= 11 is 0. The van der Waals surface area contributed by atoms with E-state index >= 15 is 0 Å². The number of aryl methyl sites for hydroxylation is 2. The zero-order valence-corrected chi connectivity index (χ0v) is 18.5. The molecule has 0 spiro atoms. The van der Waals surface area contributed by atoms with E-state index in [0.717, 1.165) is 24.6 Å². The summed E-state index contributed by atoms with van der Waals surface area (Å²) in [5.74, 6) is 1.61. The summed E-state index contributed by atoms with van der Waals surface area (Å²) in [5, 5.41) is 11.7. The second-order valence-electron chi connectivity index (χ2n) is 8.50. The number of aliphatic imine (C=N–C) groups is 1. The van der Waals surface area contributed by atoms with E-state index in [9.17, 15) is 0 Å². The van der Waals surface area contributed by atoms with Crippen molar-refractivity contribution in [3.05, 3.63) is 17.0 Å². The Balaban J connectivity index is 1.89. The topological polar surface area (TPSA) is 57.5 Å². The summed E-state index contributed by atoms with van der Waals surface area (Å²) in [4.78, 5) is 7.10. The summed E-state index contributed by atoms with van der Waals surface area (Å²) in [6, 6.07) is 0.886. The fraction of sp³-hybridized carbons (Fsp3) is 0.810. The predicted octanol–water partition coefficient (Wildman–Crippen LogP) is 2.64. The van der Waals surface area contributed by atoms with Gasteiger partial charge in [-0.15, -0.1) is 0 Å². The van der Waals surface area contributed by atoms with Crippen molar-refractivity contribution in [3.8, 4) is 0 Å². The van der Waals surface area contributed by atoms with Gasteiger partial charge in [-0.2, -0.15) is 5.10 Å². The van der Waals surface area contributed by atoms with Crippen LogP contribution in [0, 0.1) is 19.8 Å². The van der Waals surface area contributed by atoms with Crippen LogP contribution in [0.1, 0.15) is 57.0 Å². The number of hydrogen-bond acceptors (Lipinski definition) is 3. The third-order valence-electron chi connectivity index (χ3n) is 5.68. The predicted molar refractivity (Wildman–Crippen MR) is 114 cm³/mol. The average Bonchev–Trinajstić information content (AvgIpc) is 3.22. The van der Waals surface area contributed by atoms with Crippen LogP contribution in [0.15, 0.2) is 4.99 Å². The quantitative estimate of drug-likeness (QED) is 0.541. The Kier molecular flexibility index (Phi) is 8.14. The van der Waals surface area contributed by atoms with Gasteiger partial charge in [-0.1, -0.05) is 13.8 Å². The molecule has 0 amide bonds. The molecule has 2 heterocycles. The van der Waals surface area contributed by atoms with Crippen molar-refractivity contribution in [1.29, 1.82) is 0 Å². The van der Waals surface area contributed by atoms with Gasteiger partial charge >= 0.3 is 0 Å². The standard InChI is InChI=1S/C21H40N6/c1-15(2)12-19(27-10-8-9-11-27)14-23-21(22-6)24-16(3)13-20-17(4)25-26(7)18(20)5/h15-16,19H,8-14H2,1-7H3,(H2,22,23,24). The molecule has 27 heavy (non-hydrogen) atoms. The lowest BCUT2D eigenvalue weighted by Gasteiger charge is -2.30. The van der Waals surface area contributed by atoms with Gasteiger partial charge < -0.3 is 10.6 Å². The van der Waals surface area contributed by atoms with Gasteiger partial charge in [0.15, 0.2) is 5.96 Å². The Morgan fingerprint density at radius 3 is 2.37 bits per heavy atom. The first-order valence-corrected chi connectivity index (χ1v) is 10.5. The van der Waals surface area contributed by atoms with Crippen molar-refractivity contribution in [2.75, 3.05) is 26.7 Å². The van der Waals surface area contributed by atoms with Gasteiger partial charge in [-0.05, 0) is 71.0 Å². The summed E-state index contributed by atoms with van der Waals surface area (Å²) in [6.07, 6.45) is 4.85. The fourth-order valence-electron chi connectivity index (χ4n) is 4.13. The molecule has 1 saturated heterocycles. The van der Waals surface area contributed by atoms with E-state index < -0.39 is 0 Å². The van der Waals surface area contributed by atoms with Crippen molar-refractivity contribution < 1.29 is 0 Å². The molecule has 1 fully saturated rings. The number of nitrogens with zero attached hydrogens (tertiary/aromatic N) is 4. The molecule has 1 aliphatic heterocycles. The minimum absolute atomic E-state index is 0.299. The zero-order chi connectivity index (χ0) is 20.0. The number of hydrogen-bond donors (Lipinski definition) is 2. The number of aromatic nitrogens is 2. The van der Waals surface area contributed by atoms with E-state index in [1.807, 2.05) is 18.8 Å². The SMILES string of the molecule is CN=C(NCC(CC(C)C)N1CCCC1)NC(C)Cc1c(C)nn(C)c1C. The number of likely N-dealkylation sites (tertiary alicyclic amines) is 1. The Hall–Kier alpha value is -1.56. The summed E-state index contributed by atoms with van der Waals surface area (Å²) in [5.41, 5.74) is 3.70. The van der Waals surface area contributed by atoms with E-state index in [4.69, 9.17) is 0 Å². The van der Waals surface area contributed by atoms with Crippen molar-refractivity contribution in [2.24, 2.45) is 18.0 Å². The largest absolute Gasteiger partial charge is 0.355 e. The normalized spacial score (nSPS) is 18.1. The lowest BCUT2D eigenvalue weighted by molar-refractivity contribution is 0.212. The van der Waals surface area contributed by atoms with Crippen molar-refractivity contribution in [3.63, 3.8) is 0 Å². The lowest BCUT2D eigenvalue weighted by atomic mass is 10.0. The first kappa shape index (κ1) is 21.7. The van der Waals surface area contributed by atoms with Crippen LogP contribution in [-0.4, -0.2) is 59.4 Å². The summed E-state index contributed by atoms with van der Waals surface area (Å²) in [7, 11) is 3.87. The minimum atomic E-state index is 0.299. The molecule has 1 aliphatic rings. The van der Waals surface area contributed by atoms with Gasteiger partial charge in [0.2, 0.25) is 0 Å². The molecule has 2 N–H and O–H groups in total. The Morgan fingerprint density at radius 1 is 1.19 bits per heavy atom. The molecule has 2 unspecified atom stereocenters. The van der Waals surface area contributed by atoms with E-state index in [2.05, 4.69) is 60.2 Å². The molecule has 2 rings (SSSR count). The molecule has 6 heteroatoms. The van der Waals surface area contributed by atoms with E-state index in [1.165, 1.54) is 43.6 Å². The number of guanidine groups is 1. The molecule has 0 aliphatic carbocycles. The number of nitrogens with one attached hydrogen (secondary N) is 2. The molecular formula is C21H40N6. The van der Waals surface area contributed by atoms with Crippen LogP contribution in [0.4, 0.5) is 0 Å². The third-order valence-corrected chi connectivity index (χ3v) is 5.68. The Labute approximate surface area is 165 Å². The molecule has 0 saturated carbocycles. The maximum absolute atomic E-state index is 4.53. The molecule has 0 bridgehead atoms. The van der Waals surface area contributed by atoms with E-state index in [-0.39, 0.29) is 0 Å². The molecule has 1 aromatic rings. The van der Waals surface area contributed by atoms with Crippen LogP contribution < -0.4 is 10.6 Å². The van der Waals surface area contributed by atoms with Crippen LogP contribution in [0.2, 0.25) is 0 Å². The highest BCUT2D eigenvalue weighted by Crippen LogP contribution is 2.17. The lowest BCUT2D eigenvalue weighted by Crippen LogP contribution is -2.49. The molecule has 6 nitrogen and oxygen atoms in total. The second-order valence-corrected chi connectivity index (χ2v) is 8.50. The minimum Gasteiger partial charge on any atom is -0.355 e. The van der Waals surface area contributed by atoms with Crippen LogP contribution in [0.5, 0.6) is 0 Å². The van der Waals surface area contributed by atoms with Gasteiger partial charge in [-0.25, -0.2) is 0 Å². The van der Waals surface area contributed by atoms with Crippen LogP contribution >= 0.6 is 0 Å². The van der Waals surface area contributed by atoms with Gasteiger partial charge in [0.25, 0.3) is 0 Å².